The first-order valence-corrected chi connectivity index (χ1v) is 8.56. The van der Waals surface area contributed by atoms with E-state index in [-0.39, 0.29) is 22.4 Å². The van der Waals surface area contributed by atoms with Gasteiger partial charge in [0.2, 0.25) is 10.0 Å². The Bertz CT molecular complexity index is 605. The minimum absolute atomic E-state index is 0.220. The molecule has 0 aliphatic carbocycles. The lowest BCUT2D eigenvalue weighted by molar-refractivity contribution is -0.136. The third-order valence-corrected chi connectivity index (χ3v) is 5.47. The van der Waals surface area contributed by atoms with Crippen molar-refractivity contribution in [1.82, 2.24) is 4.31 Å². The van der Waals surface area contributed by atoms with Crippen molar-refractivity contribution in [2.45, 2.75) is 24.9 Å². The van der Waals surface area contributed by atoms with E-state index >= 15 is 0 Å². The van der Waals surface area contributed by atoms with Crippen molar-refractivity contribution in [3.05, 3.63) is 27.7 Å². The van der Waals surface area contributed by atoms with Crippen LogP contribution in [0.25, 0.3) is 0 Å². The standard InChI is InChI=1S/C12H14BrClF3NO2S/c1-8(2)6-18(7-12(15,16)17)21(19,20)9-3-4-11(14)10(13)5-9/h3-5,8H,6-7H2,1-2H3. The Kier molecular flexibility index (Phi) is 6.11. The predicted molar refractivity (Wildman–Crippen MR) is 78.8 cm³/mol. The fraction of sp³-hybridized carbons (Fsp3) is 0.500. The highest BCUT2D eigenvalue weighted by atomic mass is 79.9. The van der Waals surface area contributed by atoms with Crippen LogP contribution in [0.1, 0.15) is 13.8 Å². The second-order valence-electron chi connectivity index (χ2n) is 4.88. The van der Waals surface area contributed by atoms with E-state index in [0.717, 1.165) is 0 Å². The average molecular weight is 409 g/mol. The number of hydrogen-bond donors (Lipinski definition) is 0. The number of hydrogen-bond acceptors (Lipinski definition) is 2. The van der Waals surface area contributed by atoms with Crippen molar-refractivity contribution >= 4 is 37.6 Å². The van der Waals surface area contributed by atoms with E-state index < -0.39 is 22.7 Å². The van der Waals surface area contributed by atoms with Crippen LogP contribution in [0.2, 0.25) is 5.02 Å². The van der Waals surface area contributed by atoms with Crippen LogP contribution >= 0.6 is 27.5 Å². The average Bonchev–Trinajstić information content (AvgIpc) is 2.29. The van der Waals surface area contributed by atoms with Crippen LogP contribution in [0.5, 0.6) is 0 Å². The Morgan fingerprint density at radius 1 is 1.33 bits per heavy atom. The zero-order chi connectivity index (χ0) is 16.4. The molecule has 0 aromatic heterocycles. The Balaban J connectivity index is 3.22. The normalized spacial score (nSPS) is 13.2. The summed E-state index contributed by atoms with van der Waals surface area (Å²) in [6.45, 7) is 1.56. The van der Waals surface area contributed by atoms with E-state index in [1.807, 2.05) is 0 Å². The van der Waals surface area contributed by atoms with Crippen molar-refractivity contribution < 1.29 is 21.6 Å². The highest BCUT2D eigenvalue weighted by Crippen LogP contribution is 2.29. The van der Waals surface area contributed by atoms with Crippen LogP contribution in [0.4, 0.5) is 13.2 Å². The molecule has 0 saturated carbocycles. The molecule has 1 aromatic rings. The first kappa shape index (κ1) is 18.7. The Morgan fingerprint density at radius 3 is 2.33 bits per heavy atom. The molecule has 0 atom stereocenters. The fourth-order valence-electron chi connectivity index (χ4n) is 1.64. The summed E-state index contributed by atoms with van der Waals surface area (Å²) < 4.78 is 63.3. The van der Waals surface area contributed by atoms with Gasteiger partial charge < -0.3 is 0 Å². The van der Waals surface area contributed by atoms with Crippen LogP contribution in [0, 0.1) is 5.92 Å². The summed E-state index contributed by atoms with van der Waals surface area (Å²) >= 11 is 8.83. The molecular formula is C12H14BrClF3NO2S. The van der Waals surface area contributed by atoms with Gasteiger partial charge in [0.15, 0.2) is 0 Å². The quantitative estimate of drug-likeness (QED) is 0.728. The molecule has 0 radical (unpaired) electrons. The molecule has 0 bridgehead atoms. The van der Waals surface area contributed by atoms with Gasteiger partial charge in [-0.3, -0.25) is 0 Å². The number of nitrogens with zero attached hydrogens (tertiary/aromatic N) is 1. The van der Waals surface area contributed by atoms with E-state index in [0.29, 0.717) is 8.78 Å². The summed E-state index contributed by atoms with van der Waals surface area (Å²) in [5.74, 6) is -0.238. The van der Waals surface area contributed by atoms with E-state index in [1.165, 1.54) is 18.2 Å². The molecular weight excluding hydrogens is 395 g/mol. The molecule has 1 rings (SSSR count). The van der Waals surface area contributed by atoms with Gasteiger partial charge in [0.25, 0.3) is 0 Å². The van der Waals surface area contributed by atoms with Crippen LogP contribution in [-0.4, -0.2) is 32.0 Å². The summed E-state index contributed by atoms with van der Waals surface area (Å²) in [6, 6.07) is 3.70. The van der Waals surface area contributed by atoms with Gasteiger partial charge in [0.05, 0.1) is 9.92 Å². The van der Waals surface area contributed by atoms with Crippen molar-refractivity contribution in [3.8, 4) is 0 Å². The Labute approximate surface area is 135 Å². The lowest BCUT2D eigenvalue weighted by Gasteiger charge is -2.25. The van der Waals surface area contributed by atoms with Gasteiger partial charge >= 0.3 is 6.18 Å². The SMILES string of the molecule is CC(C)CN(CC(F)(F)F)S(=O)(=O)c1ccc(Cl)c(Br)c1. The first-order chi connectivity index (χ1) is 9.43. The molecule has 0 unspecified atom stereocenters. The zero-order valence-electron chi connectivity index (χ0n) is 11.3. The van der Waals surface area contributed by atoms with Crippen LogP contribution < -0.4 is 0 Å². The van der Waals surface area contributed by atoms with Crippen LogP contribution in [-0.2, 0) is 10.0 Å². The van der Waals surface area contributed by atoms with Crippen LogP contribution in [0.15, 0.2) is 27.6 Å². The summed E-state index contributed by atoms with van der Waals surface area (Å²) in [7, 11) is -4.24. The molecule has 21 heavy (non-hydrogen) atoms. The maximum absolute atomic E-state index is 12.6. The minimum atomic E-state index is -4.61. The summed E-state index contributed by atoms with van der Waals surface area (Å²) in [5, 5.41) is 0.278. The zero-order valence-corrected chi connectivity index (χ0v) is 14.4. The van der Waals surface area contributed by atoms with Gasteiger partial charge in [-0.2, -0.15) is 17.5 Å². The van der Waals surface area contributed by atoms with E-state index in [2.05, 4.69) is 15.9 Å². The Hall–Kier alpha value is -0.310. The summed E-state index contributed by atoms with van der Waals surface area (Å²) in [6.07, 6.45) is -4.61. The van der Waals surface area contributed by atoms with Gasteiger partial charge in [-0.1, -0.05) is 25.4 Å². The van der Waals surface area contributed by atoms with E-state index in [4.69, 9.17) is 11.6 Å². The molecule has 0 N–H and O–H groups in total. The molecule has 1 aromatic carbocycles. The van der Waals surface area contributed by atoms with Crippen molar-refractivity contribution in [2.75, 3.05) is 13.1 Å². The van der Waals surface area contributed by atoms with Gasteiger partial charge in [-0.05, 0) is 40.0 Å². The number of sulfonamides is 1. The van der Waals surface area contributed by atoms with Gasteiger partial charge in [-0.25, -0.2) is 8.42 Å². The number of halogens is 5. The second kappa shape index (κ2) is 6.85. The van der Waals surface area contributed by atoms with Gasteiger partial charge in [0, 0.05) is 11.0 Å². The highest BCUT2D eigenvalue weighted by Gasteiger charge is 2.37. The summed E-state index contributed by atoms with van der Waals surface area (Å²) in [4.78, 5) is -0.233. The molecule has 9 heteroatoms. The van der Waals surface area contributed by atoms with Crippen LogP contribution in [0.3, 0.4) is 0 Å². The highest BCUT2D eigenvalue weighted by molar-refractivity contribution is 9.10. The summed E-state index contributed by atoms with van der Waals surface area (Å²) in [5.41, 5.74) is 0. The molecule has 0 saturated heterocycles. The third kappa shape index (κ3) is 5.43. The van der Waals surface area contributed by atoms with Gasteiger partial charge in [-0.15, -0.1) is 0 Å². The molecule has 3 nitrogen and oxygen atoms in total. The largest absolute Gasteiger partial charge is 0.402 e. The van der Waals surface area contributed by atoms with Crippen molar-refractivity contribution in [3.63, 3.8) is 0 Å². The number of alkyl halides is 3. The maximum atomic E-state index is 12.6. The topological polar surface area (TPSA) is 37.4 Å². The van der Waals surface area contributed by atoms with E-state index in [1.54, 1.807) is 13.8 Å². The number of benzene rings is 1. The Morgan fingerprint density at radius 2 is 1.90 bits per heavy atom. The second-order valence-corrected chi connectivity index (χ2v) is 8.08. The van der Waals surface area contributed by atoms with Crippen molar-refractivity contribution in [1.29, 1.82) is 0 Å². The fourth-order valence-corrected chi connectivity index (χ4v) is 3.90. The lowest BCUT2D eigenvalue weighted by Crippen LogP contribution is -2.41. The smallest absolute Gasteiger partial charge is 0.207 e. The molecule has 0 aliphatic rings. The van der Waals surface area contributed by atoms with Gasteiger partial charge in [0.1, 0.15) is 6.54 Å². The monoisotopic (exact) mass is 407 g/mol. The minimum Gasteiger partial charge on any atom is -0.207 e. The predicted octanol–water partition coefficient (Wildman–Crippen LogP) is 4.31. The lowest BCUT2D eigenvalue weighted by atomic mass is 10.2. The maximum Gasteiger partial charge on any atom is 0.402 e. The molecule has 0 heterocycles. The number of rotatable bonds is 5. The van der Waals surface area contributed by atoms with Crippen molar-refractivity contribution in [2.24, 2.45) is 5.92 Å². The molecule has 0 amide bonds. The third-order valence-electron chi connectivity index (χ3n) is 2.45. The molecule has 0 fully saturated rings. The molecule has 0 aliphatic heterocycles. The molecule has 0 spiro atoms. The molecule has 120 valence electrons. The van der Waals surface area contributed by atoms with E-state index in [9.17, 15) is 21.6 Å². The first-order valence-electron chi connectivity index (χ1n) is 5.95.